The Kier molecular flexibility index (Phi) is 7.35. The molecular weight excluding hydrogens is 440 g/mol. The Morgan fingerprint density at radius 3 is 2.43 bits per heavy atom. The molecule has 0 aliphatic heterocycles. The molecule has 0 bridgehead atoms. The lowest BCUT2D eigenvalue weighted by Gasteiger charge is -2.15. The molecule has 7 nitrogen and oxygen atoms in total. The molecule has 0 aliphatic carbocycles. The van der Waals surface area contributed by atoms with Gasteiger partial charge in [-0.15, -0.1) is 0 Å². The van der Waals surface area contributed by atoms with Crippen molar-refractivity contribution in [1.82, 2.24) is 10.3 Å². The first-order valence-corrected chi connectivity index (χ1v) is 11.4. The number of benzene rings is 3. The molecule has 1 amide bonds. The predicted molar refractivity (Wildman–Crippen MR) is 141 cm³/mol. The number of guanidine groups is 1. The summed E-state index contributed by atoms with van der Waals surface area (Å²) in [6.45, 7) is 4.56. The van der Waals surface area contributed by atoms with Gasteiger partial charge in [-0.05, 0) is 55.7 Å². The molecule has 0 saturated carbocycles. The van der Waals surface area contributed by atoms with Crippen LogP contribution in [0, 0.1) is 13.8 Å². The van der Waals surface area contributed by atoms with Gasteiger partial charge in [0.05, 0.1) is 14.2 Å². The Balaban J connectivity index is 1.57. The number of aromatic nitrogens is 1. The summed E-state index contributed by atoms with van der Waals surface area (Å²) in [5.41, 5.74) is 5.79. The summed E-state index contributed by atoms with van der Waals surface area (Å²) in [7, 11) is 3.10. The van der Waals surface area contributed by atoms with Crippen LogP contribution in [0.3, 0.4) is 0 Å². The third kappa shape index (κ3) is 5.81. The van der Waals surface area contributed by atoms with Crippen molar-refractivity contribution in [2.24, 2.45) is 4.99 Å². The van der Waals surface area contributed by atoms with Crippen molar-refractivity contribution < 1.29 is 14.3 Å². The van der Waals surface area contributed by atoms with E-state index < -0.39 is 0 Å². The van der Waals surface area contributed by atoms with Crippen LogP contribution in [-0.4, -0.2) is 37.6 Å². The van der Waals surface area contributed by atoms with Gasteiger partial charge in [-0.3, -0.25) is 15.1 Å². The molecule has 3 aromatic carbocycles. The summed E-state index contributed by atoms with van der Waals surface area (Å²) in [5.74, 6) is 1.14. The van der Waals surface area contributed by atoms with E-state index in [0.717, 1.165) is 23.2 Å². The third-order valence-electron chi connectivity index (χ3n) is 5.81. The van der Waals surface area contributed by atoms with Gasteiger partial charge in [-0.2, -0.15) is 0 Å². The van der Waals surface area contributed by atoms with Gasteiger partial charge in [-0.25, -0.2) is 0 Å². The molecule has 0 fully saturated rings. The van der Waals surface area contributed by atoms with E-state index in [1.807, 2.05) is 44.3 Å². The van der Waals surface area contributed by atoms with Gasteiger partial charge < -0.3 is 19.8 Å². The topological polar surface area (TPSA) is 87.7 Å². The molecular formula is C28H30N4O3. The van der Waals surface area contributed by atoms with E-state index >= 15 is 0 Å². The summed E-state index contributed by atoms with van der Waals surface area (Å²) in [6, 6.07) is 19.3. The van der Waals surface area contributed by atoms with Crippen molar-refractivity contribution in [3.05, 3.63) is 89.1 Å². The Hall–Kier alpha value is -4.26. The smallest absolute Gasteiger partial charge is 0.258 e. The third-order valence-corrected chi connectivity index (χ3v) is 5.81. The van der Waals surface area contributed by atoms with E-state index in [1.165, 1.54) is 16.5 Å². The lowest BCUT2D eigenvalue weighted by molar-refractivity contribution is 0.0976. The zero-order valence-electron chi connectivity index (χ0n) is 20.4. The molecule has 180 valence electrons. The standard InChI is InChI=1S/C28H30N4O3/c1-18-9-10-25(19(2)13-18)31-28(29-12-11-20-17-30-26-8-6-5-7-24(20)26)32-27(33)21-14-22(34-3)16-23(15-21)35-4/h5-10,13-17,30H,11-12H2,1-4H3,(H2,29,31,32,33). The number of H-pyrrole nitrogens is 1. The molecule has 0 spiro atoms. The first-order chi connectivity index (χ1) is 17.0. The van der Waals surface area contributed by atoms with Gasteiger partial charge in [0.2, 0.25) is 5.96 Å². The number of nitrogens with one attached hydrogen (secondary N) is 3. The second-order valence-electron chi connectivity index (χ2n) is 8.34. The molecule has 0 radical (unpaired) electrons. The number of hydrogen-bond acceptors (Lipinski definition) is 4. The van der Waals surface area contributed by atoms with Crippen LogP contribution in [0.25, 0.3) is 10.9 Å². The van der Waals surface area contributed by atoms with Crippen molar-refractivity contribution in [2.45, 2.75) is 20.3 Å². The van der Waals surface area contributed by atoms with Gasteiger partial charge in [0.1, 0.15) is 11.5 Å². The van der Waals surface area contributed by atoms with Gasteiger partial charge in [-0.1, -0.05) is 35.9 Å². The Bertz CT molecular complexity index is 1350. The molecule has 0 unspecified atom stereocenters. The highest BCUT2D eigenvalue weighted by molar-refractivity contribution is 6.10. The fraction of sp³-hybridized carbons (Fsp3) is 0.214. The first kappa shape index (κ1) is 23.9. The molecule has 35 heavy (non-hydrogen) atoms. The lowest BCUT2D eigenvalue weighted by atomic mass is 10.1. The van der Waals surface area contributed by atoms with Crippen LogP contribution < -0.4 is 20.1 Å². The van der Waals surface area contributed by atoms with Crippen molar-refractivity contribution in [3.63, 3.8) is 0 Å². The maximum Gasteiger partial charge on any atom is 0.258 e. The van der Waals surface area contributed by atoms with Gasteiger partial charge in [0.15, 0.2) is 0 Å². The molecule has 1 aromatic heterocycles. The summed E-state index contributed by atoms with van der Waals surface area (Å²) in [5, 5.41) is 7.40. The second-order valence-corrected chi connectivity index (χ2v) is 8.34. The first-order valence-electron chi connectivity index (χ1n) is 11.4. The van der Waals surface area contributed by atoms with Crippen molar-refractivity contribution in [3.8, 4) is 11.5 Å². The van der Waals surface area contributed by atoms with Crippen LogP contribution in [0.15, 0.2) is 71.9 Å². The van der Waals surface area contributed by atoms with Crippen LogP contribution in [-0.2, 0) is 6.42 Å². The largest absolute Gasteiger partial charge is 0.497 e. The zero-order valence-corrected chi connectivity index (χ0v) is 20.4. The number of ether oxygens (including phenoxy) is 2. The Morgan fingerprint density at radius 1 is 0.971 bits per heavy atom. The number of aliphatic imine (C=N–C) groups is 1. The minimum absolute atomic E-state index is 0.315. The molecule has 0 saturated heterocycles. The number of aromatic amines is 1. The molecule has 4 rings (SSSR count). The number of amides is 1. The van der Waals surface area contributed by atoms with E-state index in [2.05, 4.69) is 33.8 Å². The maximum atomic E-state index is 13.1. The van der Waals surface area contributed by atoms with Crippen LogP contribution in [0.2, 0.25) is 0 Å². The van der Waals surface area contributed by atoms with E-state index in [9.17, 15) is 4.79 Å². The minimum Gasteiger partial charge on any atom is -0.497 e. The number of carbonyl (C=O) groups excluding carboxylic acids is 1. The summed E-state index contributed by atoms with van der Waals surface area (Å²) < 4.78 is 10.6. The molecule has 0 aliphatic rings. The quantitative estimate of drug-likeness (QED) is 0.255. The highest BCUT2D eigenvalue weighted by Gasteiger charge is 2.14. The van der Waals surface area contributed by atoms with Crippen LogP contribution in [0.5, 0.6) is 11.5 Å². The number of fused-ring (bicyclic) bond motifs is 1. The second kappa shape index (κ2) is 10.8. The molecule has 0 atom stereocenters. The van der Waals surface area contributed by atoms with E-state index in [0.29, 0.717) is 29.6 Å². The summed E-state index contributed by atoms with van der Waals surface area (Å²) in [6.07, 6.45) is 2.74. The normalized spacial score (nSPS) is 11.4. The van der Waals surface area contributed by atoms with E-state index in [4.69, 9.17) is 14.5 Å². The average Bonchev–Trinajstić information content (AvgIpc) is 3.28. The summed E-state index contributed by atoms with van der Waals surface area (Å²) >= 11 is 0. The van der Waals surface area contributed by atoms with Crippen molar-refractivity contribution >= 4 is 28.5 Å². The number of para-hydroxylation sites is 1. The number of hydrogen-bond donors (Lipinski definition) is 3. The van der Waals surface area contributed by atoms with Crippen molar-refractivity contribution in [2.75, 3.05) is 26.1 Å². The zero-order chi connectivity index (χ0) is 24.8. The van der Waals surface area contributed by atoms with Gasteiger partial charge in [0.25, 0.3) is 5.91 Å². The SMILES string of the molecule is COc1cc(OC)cc(C(=O)NC(=NCCc2c[nH]c3ccccc23)Nc2ccc(C)cc2C)c1. The monoisotopic (exact) mass is 470 g/mol. The Morgan fingerprint density at radius 2 is 1.71 bits per heavy atom. The number of aryl methyl sites for hydroxylation is 2. The van der Waals surface area contributed by atoms with Gasteiger partial charge in [0, 0.05) is 41.0 Å². The molecule has 3 N–H and O–H groups in total. The number of carbonyl (C=O) groups is 1. The average molecular weight is 471 g/mol. The fourth-order valence-corrected chi connectivity index (χ4v) is 3.94. The Labute approximate surface area is 205 Å². The highest BCUT2D eigenvalue weighted by atomic mass is 16.5. The maximum absolute atomic E-state index is 13.1. The highest BCUT2D eigenvalue weighted by Crippen LogP contribution is 2.23. The lowest BCUT2D eigenvalue weighted by Crippen LogP contribution is -2.36. The minimum atomic E-state index is -0.315. The number of methoxy groups -OCH3 is 2. The molecule has 4 aromatic rings. The van der Waals surface area contributed by atoms with Gasteiger partial charge >= 0.3 is 0 Å². The molecule has 1 heterocycles. The van der Waals surface area contributed by atoms with Crippen LogP contribution in [0.4, 0.5) is 5.69 Å². The number of anilines is 1. The number of rotatable bonds is 7. The van der Waals surface area contributed by atoms with E-state index in [1.54, 1.807) is 32.4 Å². The van der Waals surface area contributed by atoms with Crippen LogP contribution >= 0.6 is 0 Å². The molecule has 7 heteroatoms. The fourth-order valence-electron chi connectivity index (χ4n) is 3.94. The number of nitrogens with zero attached hydrogens (tertiary/aromatic N) is 1. The predicted octanol–water partition coefficient (Wildman–Crippen LogP) is 5.24. The summed E-state index contributed by atoms with van der Waals surface area (Å²) in [4.78, 5) is 21.1. The van der Waals surface area contributed by atoms with Crippen molar-refractivity contribution in [1.29, 1.82) is 0 Å². The van der Waals surface area contributed by atoms with Crippen LogP contribution in [0.1, 0.15) is 27.0 Å². The van der Waals surface area contributed by atoms with E-state index in [-0.39, 0.29) is 5.91 Å².